The van der Waals surface area contributed by atoms with Gasteiger partial charge in [-0.15, -0.1) is 0 Å². The maximum atomic E-state index is 8.76. The summed E-state index contributed by atoms with van der Waals surface area (Å²) in [6.07, 6.45) is 0. The summed E-state index contributed by atoms with van der Waals surface area (Å²) in [5.41, 5.74) is 0. The minimum atomic E-state index is -1.09. The summed E-state index contributed by atoms with van der Waals surface area (Å²) < 4.78 is 0. The standard InChI is InChI=1S/C6H6O6.C6H6O3/c7-1-2(8)4(10)6(12)5(11)3(1)9;7-4-1-2-5(8)6(9)3-4/h7-12H;1-3,7-9H. The predicted molar refractivity (Wildman–Crippen MR) is 67.9 cm³/mol. The van der Waals surface area contributed by atoms with Crippen LogP contribution in [0.3, 0.4) is 0 Å². The summed E-state index contributed by atoms with van der Waals surface area (Å²) in [5.74, 6) is -7.17. The van der Waals surface area contributed by atoms with Crippen LogP contribution in [0.2, 0.25) is 0 Å². The van der Waals surface area contributed by atoms with Crippen LogP contribution in [0.15, 0.2) is 18.2 Å². The summed E-state index contributed by atoms with van der Waals surface area (Å²) in [4.78, 5) is 0. The van der Waals surface area contributed by atoms with Crippen LogP contribution >= 0.6 is 0 Å². The van der Waals surface area contributed by atoms with Crippen LogP contribution in [-0.2, 0) is 0 Å². The van der Waals surface area contributed by atoms with E-state index in [0.29, 0.717) is 0 Å². The molecule has 2 rings (SSSR count). The summed E-state index contributed by atoms with van der Waals surface area (Å²) >= 11 is 0. The molecule has 0 fully saturated rings. The number of phenols is 9. The van der Waals surface area contributed by atoms with E-state index in [9.17, 15) is 0 Å². The lowest BCUT2D eigenvalue weighted by molar-refractivity contribution is 0.303. The molecule has 9 N–H and O–H groups in total. The first kappa shape index (κ1) is 15.7. The molecule has 2 aromatic rings. The van der Waals surface area contributed by atoms with Gasteiger partial charge < -0.3 is 46.0 Å². The summed E-state index contributed by atoms with van der Waals surface area (Å²) in [5, 5.41) is 78.6. The Balaban J connectivity index is 0.000000219. The molecule has 0 amide bonds. The molecule has 0 saturated carbocycles. The molecule has 0 aliphatic heterocycles. The van der Waals surface area contributed by atoms with Crippen molar-refractivity contribution in [2.45, 2.75) is 0 Å². The molecule has 9 heteroatoms. The second-order valence-corrected chi connectivity index (χ2v) is 3.76. The summed E-state index contributed by atoms with van der Waals surface area (Å²) in [6, 6.07) is 3.56. The van der Waals surface area contributed by atoms with Crippen LogP contribution in [0.4, 0.5) is 0 Å². The molecule has 0 spiro atoms. The zero-order chi connectivity index (χ0) is 16.3. The molecule has 0 radical (unpaired) electrons. The fourth-order valence-corrected chi connectivity index (χ4v) is 1.18. The molecule has 0 atom stereocenters. The van der Waals surface area contributed by atoms with Crippen LogP contribution in [0, 0.1) is 0 Å². The average molecular weight is 300 g/mol. The number of aromatic hydroxyl groups is 9. The third-order valence-corrected chi connectivity index (χ3v) is 2.30. The SMILES string of the molecule is Oc1c(O)c(O)c(O)c(O)c1O.Oc1ccc(O)c(O)c1. The summed E-state index contributed by atoms with van der Waals surface area (Å²) in [7, 11) is 0. The molecular weight excluding hydrogens is 288 g/mol. The molecule has 0 unspecified atom stereocenters. The highest BCUT2D eigenvalue weighted by Crippen LogP contribution is 2.54. The Morgan fingerprint density at radius 3 is 1.00 bits per heavy atom. The van der Waals surface area contributed by atoms with Gasteiger partial charge in [0.1, 0.15) is 5.75 Å². The van der Waals surface area contributed by atoms with Gasteiger partial charge in [-0.1, -0.05) is 0 Å². The molecule has 9 nitrogen and oxygen atoms in total. The van der Waals surface area contributed by atoms with Gasteiger partial charge in [0.15, 0.2) is 11.5 Å². The lowest BCUT2D eigenvalue weighted by Crippen LogP contribution is -1.77. The highest BCUT2D eigenvalue weighted by Gasteiger charge is 2.22. The van der Waals surface area contributed by atoms with Crippen molar-refractivity contribution < 1.29 is 46.0 Å². The smallest absolute Gasteiger partial charge is 0.208 e. The van der Waals surface area contributed by atoms with Crippen molar-refractivity contribution in [3.8, 4) is 51.7 Å². The van der Waals surface area contributed by atoms with Gasteiger partial charge in [-0.05, 0) is 12.1 Å². The van der Waals surface area contributed by atoms with Crippen LogP contribution in [0.1, 0.15) is 0 Å². The van der Waals surface area contributed by atoms with E-state index in [2.05, 4.69) is 0 Å². The Labute approximate surface area is 117 Å². The summed E-state index contributed by atoms with van der Waals surface area (Å²) in [6.45, 7) is 0. The number of phenolic OH excluding ortho intramolecular Hbond substituents is 9. The van der Waals surface area contributed by atoms with Crippen LogP contribution < -0.4 is 0 Å². The van der Waals surface area contributed by atoms with Crippen LogP contribution in [0.5, 0.6) is 51.7 Å². The van der Waals surface area contributed by atoms with Crippen molar-refractivity contribution in [2.75, 3.05) is 0 Å². The minimum Gasteiger partial charge on any atom is -0.508 e. The van der Waals surface area contributed by atoms with E-state index in [-0.39, 0.29) is 17.2 Å². The number of rotatable bonds is 0. The fraction of sp³-hybridized carbons (Fsp3) is 0. The van der Waals surface area contributed by atoms with Crippen molar-refractivity contribution >= 4 is 0 Å². The van der Waals surface area contributed by atoms with E-state index >= 15 is 0 Å². The molecule has 114 valence electrons. The number of hydrogen-bond donors (Lipinski definition) is 9. The Morgan fingerprint density at radius 2 is 0.762 bits per heavy atom. The quantitative estimate of drug-likeness (QED) is 0.250. The molecule has 2 aromatic carbocycles. The second-order valence-electron chi connectivity index (χ2n) is 3.76. The predicted octanol–water partition coefficient (Wildman–Crippen LogP) is 0.724. The van der Waals surface area contributed by atoms with Gasteiger partial charge in [-0.2, -0.15) is 0 Å². The topological polar surface area (TPSA) is 182 Å². The van der Waals surface area contributed by atoms with Gasteiger partial charge in [0.05, 0.1) is 0 Å². The molecule has 0 aliphatic carbocycles. The van der Waals surface area contributed by atoms with E-state index in [1.54, 1.807) is 0 Å². The second kappa shape index (κ2) is 5.74. The Morgan fingerprint density at radius 1 is 0.429 bits per heavy atom. The zero-order valence-corrected chi connectivity index (χ0v) is 10.3. The molecule has 0 aromatic heterocycles. The van der Waals surface area contributed by atoms with Gasteiger partial charge >= 0.3 is 0 Å². The Kier molecular flexibility index (Phi) is 4.29. The van der Waals surface area contributed by atoms with Gasteiger partial charge in [0.25, 0.3) is 0 Å². The normalized spacial score (nSPS) is 9.71. The van der Waals surface area contributed by atoms with E-state index in [1.165, 1.54) is 12.1 Å². The van der Waals surface area contributed by atoms with E-state index in [4.69, 9.17) is 46.0 Å². The maximum absolute atomic E-state index is 8.76. The number of benzene rings is 2. The van der Waals surface area contributed by atoms with Crippen molar-refractivity contribution in [2.24, 2.45) is 0 Å². The molecule has 21 heavy (non-hydrogen) atoms. The molecule has 0 saturated heterocycles. The van der Waals surface area contributed by atoms with Gasteiger partial charge in [-0.3, -0.25) is 0 Å². The molecular formula is C12H12O9. The lowest BCUT2D eigenvalue weighted by Gasteiger charge is -2.06. The number of hydrogen-bond acceptors (Lipinski definition) is 9. The first-order chi connectivity index (χ1) is 9.66. The van der Waals surface area contributed by atoms with E-state index in [0.717, 1.165) is 6.07 Å². The maximum Gasteiger partial charge on any atom is 0.208 e. The first-order valence-corrected chi connectivity index (χ1v) is 5.25. The average Bonchev–Trinajstić information content (AvgIpc) is 2.46. The monoisotopic (exact) mass is 300 g/mol. The Hall–Kier alpha value is -3.36. The van der Waals surface area contributed by atoms with Gasteiger partial charge in [0.2, 0.25) is 34.5 Å². The fourth-order valence-electron chi connectivity index (χ4n) is 1.18. The van der Waals surface area contributed by atoms with Crippen molar-refractivity contribution in [1.82, 2.24) is 0 Å². The first-order valence-electron chi connectivity index (χ1n) is 5.25. The highest BCUT2D eigenvalue weighted by molar-refractivity contribution is 5.70. The largest absolute Gasteiger partial charge is 0.508 e. The van der Waals surface area contributed by atoms with Crippen LogP contribution in [-0.4, -0.2) is 46.0 Å². The highest BCUT2D eigenvalue weighted by atomic mass is 16.4. The van der Waals surface area contributed by atoms with E-state index in [1.807, 2.05) is 0 Å². The third kappa shape index (κ3) is 3.15. The molecule has 0 heterocycles. The third-order valence-electron chi connectivity index (χ3n) is 2.30. The molecule has 0 aliphatic rings. The van der Waals surface area contributed by atoms with Crippen molar-refractivity contribution in [3.63, 3.8) is 0 Å². The molecule has 0 bridgehead atoms. The van der Waals surface area contributed by atoms with Gasteiger partial charge in [-0.25, -0.2) is 0 Å². The van der Waals surface area contributed by atoms with Crippen molar-refractivity contribution in [1.29, 1.82) is 0 Å². The lowest BCUT2D eigenvalue weighted by atomic mass is 10.2. The Bertz CT molecular complexity index is 561. The van der Waals surface area contributed by atoms with Crippen molar-refractivity contribution in [3.05, 3.63) is 18.2 Å². The minimum absolute atomic E-state index is 0.0645. The zero-order valence-electron chi connectivity index (χ0n) is 10.3. The van der Waals surface area contributed by atoms with Gasteiger partial charge in [0, 0.05) is 6.07 Å². The van der Waals surface area contributed by atoms with Crippen LogP contribution in [0.25, 0.3) is 0 Å². The van der Waals surface area contributed by atoms with E-state index < -0.39 is 34.5 Å².